The Morgan fingerprint density at radius 1 is 0.958 bits per heavy atom. The van der Waals surface area contributed by atoms with E-state index in [2.05, 4.69) is 4.74 Å². The fourth-order valence-electron chi connectivity index (χ4n) is 1.94. The Bertz CT molecular complexity index is 853. The van der Waals surface area contributed by atoms with Gasteiger partial charge in [-0.05, 0) is 35.9 Å². The molecule has 0 bridgehead atoms. The minimum atomic E-state index is -3.39. The van der Waals surface area contributed by atoms with Crippen molar-refractivity contribution in [2.45, 2.75) is 11.5 Å². The molecule has 0 saturated heterocycles. The molecule has 0 atom stereocenters. The Hall–Kier alpha value is -2.67. The van der Waals surface area contributed by atoms with Crippen molar-refractivity contribution in [1.82, 2.24) is 0 Å². The van der Waals surface area contributed by atoms with Crippen molar-refractivity contribution in [3.63, 3.8) is 0 Å². The molecule has 0 saturated carbocycles. The van der Waals surface area contributed by atoms with Crippen LogP contribution in [-0.2, 0) is 25.9 Å². The van der Waals surface area contributed by atoms with E-state index in [-0.39, 0.29) is 17.1 Å². The highest BCUT2D eigenvalue weighted by molar-refractivity contribution is 7.90. The third-order valence-electron chi connectivity index (χ3n) is 3.24. The molecule has 2 rings (SSSR count). The topological polar surface area (TPSA) is 86.7 Å². The lowest BCUT2D eigenvalue weighted by molar-refractivity contribution is 0.0471. The molecule has 0 N–H and O–H groups in total. The van der Waals surface area contributed by atoms with Gasteiger partial charge < -0.3 is 9.47 Å². The summed E-state index contributed by atoms with van der Waals surface area (Å²) in [4.78, 5) is 23.4. The van der Waals surface area contributed by atoms with Gasteiger partial charge >= 0.3 is 11.9 Å². The molecule has 7 heteroatoms. The second kappa shape index (κ2) is 7.27. The summed E-state index contributed by atoms with van der Waals surface area (Å²) in [6.45, 7) is 0.00336. The van der Waals surface area contributed by atoms with Crippen molar-refractivity contribution >= 4 is 21.8 Å². The van der Waals surface area contributed by atoms with Crippen molar-refractivity contribution in [3.05, 3.63) is 65.2 Å². The molecule has 0 fully saturated rings. The molecule has 0 aliphatic carbocycles. The molecule has 24 heavy (non-hydrogen) atoms. The standard InChI is InChI=1S/C17H16O6S/c1-22-16(18)13-8-6-12(7-9-13)11-23-17(19)14-4-3-5-15(10-14)24(2,20)21/h3-10H,11H2,1-2H3. The maximum Gasteiger partial charge on any atom is 0.338 e. The predicted octanol–water partition coefficient (Wildman–Crippen LogP) is 2.23. The first kappa shape index (κ1) is 17.7. The van der Waals surface area contributed by atoms with Crippen LogP contribution < -0.4 is 0 Å². The molecule has 0 aromatic heterocycles. The minimum absolute atomic E-state index is 0.00336. The van der Waals surface area contributed by atoms with Crippen LogP contribution in [0.4, 0.5) is 0 Å². The molecular weight excluding hydrogens is 332 g/mol. The zero-order valence-corrected chi connectivity index (χ0v) is 14.0. The largest absolute Gasteiger partial charge is 0.465 e. The van der Waals surface area contributed by atoms with Crippen LogP contribution in [0.5, 0.6) is 0 Å². The van der Waals surface area contributed by atoms with Crippen LogP contribution >= 0.6 is 0 Å². The highest BCUT2D eigenvalue weighted by atomic mass is 32.2. The predicted molar refractivity (Wildman–Crippen MR) is 86.5 cm³/mol. The van der Waals surface area contributed by atoms with Gasteiger partial charge in [0, 0.05) is 6.26 Å². The van der Waals surface area contributed by atoms with Crippen LogP contribution in [0, 0.1) is 0 Å². The van der Waals surface area contributed by atoms with Gasteiger partial charge in [-0.1, -0.05) is 18.2 Å². The van der Waals surface area contributed by atoms with Gasteiger partial charge in [-0.25, -0.2) is 18.0 Å². The average molecular weight is 348 g/mol. The van der Waals surface area contributed by atoms with E-state index in [9.17, 15) is 18.0 Å². The normalized spacial score (nSPS) is 10.9. The molecule has 126 valence electrons. The molecular formula is C17H16O6S. The fraction of sp³-hybridized carbons (Fsp3) is 0.176. The van der Waals surface area contributed by atoms with Gasteiger partial charge in [-0.2, -0.15) is 0 Å². The van der Waals surface area contributed by atoms with Gasteiger partial charge in [0.15, 0.2) is 9.84 Å². The summed E-state index contributed by atoms with van der Waals surface area (Å²) in [6, 6.07) is 12.1. The molecule has 0 aliphatic rings. The minimum Gasteiger partial charge on any atom is -0.465 e. The number of carbonyl (C=O) groups is 2. The number of rotatable bonds is 5. The molecule has 0 amide bonds. The summed E-state index contributed by atoms with van der Waals surface area (Å²) in [6.07, 6.45) is 1.07. The number of methoxy groups -OCH3 is 1. The number of esters is 2. The summed E-state index contributed by atoms with van der Waals surface area (Å²) in [5.41, 5.74) is 1.24. The molecule has 0 aliphatic heterocycles. The summed E-state index contributed by atoms with van der Waals surface area (Å²) in [7, 11) is -2.10. The number of sulfone groups is 1. The molecule has 6 nitrogen and oxygen atoms in total. The van der Waals surface area contributed by atoms with Crippen LogP contribution in [0.2, 0.25) is 0 Å². The van der Waals surface area contributed by atoms with Crippen molar-refractivity contribution < 1.29 is 27.5 Å². The van der Waals surface area contributed by atoms with Gasteiger partial charge in [0.1, 0.15) is 6.61 Å². The summed E-state index contributed by atoms with van der Waals surface area (Å²) < 4.78 is 32.8. The van der Waals surface area contributed by atoms with Crippen molar-refractivity contribution in [1.29, 1.82) is 0 Å². The van der Waals surface area contributed by atoms with E-state index in [1.807, 2.05) is 0 Å². The van der Waals surface area contributed by atoms with E-state index in [4.69, 9.17) is 4.74 Å². The van der Waals surface area contributed by atoms with Gasteiger partial charge in [0.2, 0.25) is 0 Å². The number of carbonyl (C=O) groups excluding carboxylic acids is 2. The lowest BCUT2D eigenvalue weighted by Crippen LogP contribution is -2.07. The smallest absolute Gasteiger partial charge is 0.338 e. The second-order valence-electron chi connectivity index (χ2n) is 5.06. The van der Waals surface area contributed by atoms with Crippen molar-refractivity contribution in [2.75, 3.05) is 13.4 Å². The zero-order chi connectivity index (χ0) is 17.7. The fourth-order valence-corrected chi connectivity index (χ4v) is 2.61. The maximum atomic E-state index is 12.0. The van der Waals surface area contributed by atoms with Gasteiger partial charge in [-0.3, -0.25) is 0 Å². The second-order valence-corrected chi connectivity index (χ2v) is 7.08. The first-order valence-corrected chi connectivity index (χ1v) is 8.85. The summed E-state index contributed by atoms with van der Waals surface area (Å²) in [5, 5.41) is 0. The van der Waals surface area contributed by atoms with E-state index in [0.717, 1.165) is 6.26 Å². The average Bonchev–Trinajstić information content (AvgIpc) is 2.58. The van der Waals surface area contributed by atoms with Gasteiger partial charge in [0.05, 0.1) is 23.1 Å². The molecule has 0 unspecified atom stereocenters. The van der Waals surface area contributed by atoms with Crippen LogP contribution in [-0.4, -0.2) is 33.7 Å². The lowest BCUT2D eigenvalue weighted by Gasteiger charge is -2.07. The SMILES string of the molecule is COC(=O)c1ccc(COC(=O)c2cccc(S(C)(=O)=O)c2)cc1. The summed E-state index contributed by atoms with van der Waals surface area (Å²) >= 11 is 0. The molecule has 2 aromatic carbocycles. The third-order valence-corrected chi connectivity index (χ3v) is 4.35. The van der Waals surface area contributed by atoms with Crippen molar-refractivity contribution in [3.8, 4) is 0 Å². The van der Waals surface area contributed by atoms with E-state index in [1.165, 1.54) is 31.4 Å². The lowest BCUT2D eigenvalue weighted by atomic mass is 10.1. The number of hydrogen-bond donors (Lipinski definition) is 0. The van der Waals surface area contributed by atoms with Crippen LogP contribution in [0.3, 0.4) is 0 Å². The maximum absolute atomic E-state index is 12.0. The van der Waals surface area contributed by atoms with E-state index < -0.39 is 21.8 Å². The number of ether oxygens (including phenoxy) is 2. The third kappa shape index (κ3) is 4.42. The quantitative estimate of drug-likeness (QED) is 0.770. The Labute approximate surface area is 139 Å². The van der Waals surface area contributed by atoms with Gasteiger partial charge in [0.25, 0.3) is 0 Å². The Kier molecular flexibility index (Phi) is 5.35. The highest BCUT2D eigenvalue weighted by Gasteiger charge is 2.13. The number of hydrogen-bond acceptors (Lipinski definition) is 6. The monoisotopic (exact) mass is 348 g/mol. The van der Waals surface area contributed by atoms with Crippen LogP contribution in [0.15, 0.2) is 53.4 Å². The Morgan fingerprint density at radius 2 is 1.62 bits per heavy atom. The summed E-state index contributed by atoms with van der Waals surface area (Å²) in [5.74, 6) is -1.08. The molecule has 0 heterocycles. The highest BCUT2D eigenvalue weighted by Crippen LogP contribution is 2.13. The Morgan fingerprint density at radius 3 is 2.21 bits per heavy atom. The zero-order valence-electron chi connectivity index (χ0n) is 13.2. The van der Waals surface area contributed by atoms with E-state index >= 15 is 0 Å². The van der Waals surface area contributed by atoms with E-state index in [1.54, 1.807) is 24.3 Å². The van der Waals surface area contributed by atoms with Crippen molar-refractivity contribution in [2.24, 2.45) is 0 Å². The molecule has 0 spiro atoms. The van der Waals surface area contributed by atoms with Crippen LogP contribution in [0.1, 0.15) is 26.3 Å². The number of benzene rings is 2. The first-order valence-electron chi connectivity index (χ1n) is 6.96. The Balaban J connectivity index is 2.04. The van der Waals surface area contributed by atoms with Gasteiger partial charge in [-0.15, -0.1) is 0 Å². The molecule has 0 radical (unpaired) electrons. The van der Waals surface area contributed by atoms with E-state index in [0.29, 0.717) is 11.1 Å². The van der Waals surface area contributed by atoms with Crippen LogP contribution in [0.25, 0.3) is 0 Å². The first-order chi connectivity index (χ1) is 11.3. The molecule has 2 aromatic rings.